The summed E-state index contributed by atoms with van der Waals surface area (Å²) in [7, 11) is 0. The molecule has 1 atom stereocenters. The molecule has 0 aliphatic rings. The lowest BCUT2D eigenvalue weighted by molar-refractivity contribution is 0.0355. The predicted octanol–water partition coefficient (Wildman–Crippen LogP) is 4.70. The highest BCUT2D eigenvalue weighted by Gasteiger charge is 2.10. The lowest BCUT2D eigenvalue weighted by Gasteiger charge is -2.11. The number of aromatic carboxylic acids is 1. The molecule has 0 saturated heterocycles. The number of hydrogen-bond acceptors (Lipinski definition) is 6. The third-order valence-electron chi connectivity index (χ3n) is 5.68. The van der Waals surface area contributed by atoms with Crippen molar-refractivity contribution in [1.29, 1.82) is 0 Å². The molecule has 0 aromatic heterocycles. The highest BCUT2D eigenvalue weighted by Crippen LogP contribution is 2.30. The molecular formula is C27H30O7. The zero-order valence-corrected chi connectivity index (χ0v) is 18.9. The van der Waals surface area contributed by atoms with Crippen LogP contribution in [-0.4, -0.2) is 51.5 Å². The average Bonchev–Trinajstić information content (AvgIpc) is 2.81. The van der Waals surface area contributed by atoms with Crippen molar-refractivity contribution in [2.75, 3.05) is 13.2 Å². The van der Waals surface area contributed by atoms with Gasteiger partial charge in [-0.15, -0.1) is 0 Å². The number of ketones is 1. The molecule has 1 unspecified atom stereocenters. The Morgan fingerprint density at radius 3 is 2.15 bits per heavy atom. The minimum absolute atomic E-state index is 0.0465. The first-order valence-electron chi connectivity index (χ1n) is 11.4. The Labute approximate surface area is 198 Å². The van der Waals surface area contributed by atoms with Gasteiger partial charge in [-0.05, 0) is 59.5 Å². The number of phenols is 2. The van der Waals surface area contributed by atoms with Crippen molar-refractivity contribution >= 4 is 22.5 Å². The van der Waals surface area contributed by atoms with Crippen molar-refractivity contribution in [3.05, 3.63) is 71.3 Å². The summed E-state index contributed by atoms with van der Waals surface area (Å²) in [5, 5.41) is 39.7. The summed E-state index contributed by atoms with van der Waals surface area (Å²) in [5.74, 6) is -1.32. The normalized spacial score (nSPS) is 12.0. The second kappa shape index (κ2) is 12.2. The molecule has 3 aromatic rings. The van der Waals surface area contributed by atoms with E-state index in [1.54, 1.807) is 30.3 Å². The molecule has 0 amide bonds. The summed E-state index contributed by atoms with van der Waals surface area (Å²) < 4.78 is 5.54. The Morgan fingerprint density at radius 1 is 0.794 bits per heavy atom. The van der Waals surface area contributed by atoms with E-state index >= 15 is 0 Å². The van der Waals surface area contributed by atoms with Gasteiger partial charge in [0.2, 0.25) is 0 Å². The van der Waals surface area contributed by atoms with Gasteiger partial charge in [0.15, 0.2) is 17.3 Å². The molecule has 4 N–H and O–H groups in total. The van der Waals surface area contributed by atoms with Gasteiger partial charge in [-0.2, -0.15) is 0 Å². The second-order valence-corrected chi connectivity index (χ2v) is 8.43. The number of Topliss-reactive ketones (excluding diaryl/α,β-unsaturated/α-hetero) is 1. The molecule has 3 rings (SSSR count). The first-order chi connectivity index (χ1) is 16.3. The zero-order chi connectivity index (χ0) is 24.5. The fourth-order valence-electron chi connectivity index (χ4n) is 3.77. The lowest BCUT2D eigenvalue weighted by Crippen LogP contribution is -2.18. The number of phenolic OH excluding ortho intramolecular Hbond substituents is 2. The highest BCUT2D eigenvalue weighted by atomic mass is 16.5. The van der Waals surface area contributed by atoms with Crippen LogP contribution in [-0.2, 0) is 11.2 Å². The molecule has 0 bridgehead atoms. The molecule has 0 saturated carbocycles. The topological polar surface area (TPSA) is 124 Å². The Bertz CT molecular complexity index is 1120. The van der Waals surface area contributed by atoms with Gasteiger partial charge >= 0.3 is 5.97 Å². The molecule has 7 nitrogen and oxygen atoms in total. The average molecular weight is 467 g/mol. The molecule has 0 aliphatic heterocycles. The van der Waals surface area contributed by atoms with E-state index in [0.29, 0.717) is 30.4 Å². The number of ether oxygens (including phenoxy) is 1. The van der Waals surface area contributed by atoms with Gasteiger partial charge in [0.1, 0.15) is 0 Å². The summed E-state index contributed by atoms with van der Waals surface area (Å²) >= 11 is 0. The van der Waals surface area contributed by atoms with Crippen LogP contribution >= 0.6 is 0 Å². The molecule has 7 heteroatoms. The summed E-state index contributed by atoms with van der Waals surface area (Å²) in [6.45, 7) is 0.748. The maximum atomic E-state index is 12.5. The molecule has 0 heterocycles. The molecule has 3 aromatic carbocycles. The number of carboxylic acid groups (broad SMARTS) is 1. The van der Waals surface area contributed by atoms with Crippen LogP contribution in [0, 0.1) is 0 Å². The van der Waals surface area contributed by atoms with Crippen LogP contribution in [0.3, 0.4) is 0 Å². The number of unbranched alkanes of at least 4 members (excludes halogenated alkanes) is 3. The van der Waals surface area contributed by atoms with Gasteiger partial charge in [-0.3, -0.25) is 4.79 Å². The van der Waals surface area contributed by atoms with E-state index in [1.807, 2.05) is 0 Å². The van der Waals surface area contributed by atoms with Crippen LogP contribution in [0.2, 0.25) is 0 Å². The molecule has 180 valence electrons. The molecule has 34 heavy (non-hydrogen) atoms. The maximum absolute atomic E-state index is 12.5. The first-order valence-corrected chi connectivity index (χ1v) is 11.4. The smallest absolute Gasteiger partial charge is 0.335 e. The number of hydrogen-bond donors (Lipinski definition) is 4. The predicted molar refractivity (Wildman–Crippen MR) is 129 cm³/mol. The second-order valence-electron chi connectivity index (χ2n) is 8.43. The van der Waals surface area contributed by atoms with Gasteiger partial charge in [-0.25, -0.2) is 4.79 Å². The molecule has 0 spiro atoms. The van der Waals surface area contributed by atoms with E-state index in [4.69, 9.17) is 9.84 Å². The third kappa shape index (κ3) is 7.30. The van der Waals surface area contributed by atoms with Crippen LogP contribution in [0.15, 0.2) is 54.6 Å². The number of fused-ring (bicyclic) bond motifs is 1. The van der Waals surface area contributed by atoms with Crippen molar-refractivity contribution in [1.82, 2.24) is 0 Å². The van der Waals surface area contributed by atoms with Crippen LogP contribution in [0.25, 0.3) is 10.8 Å². The standard InChI is InChI=1S/C27H30O7/c28-23(13-18-6-8-19(9-7-18)27(32)33)17-34-12-4-2-1-3-5-24(29)21-11-10-20-15-25(30)26(31)16-22(20)14-21/h6-11,14-16,23,28,30-31H,1-5,12-13,17H2,(H,32,33). The summed E-state index contributed by atoms with van der Waals surface area (Å²) in [6, 6.07) is 14.6. The van der Waals surface area contributed by atoms with Crippen LogP contribution in [0.4, 0.5) is 0 Å². The largest absolute Gasteiger partial charge is 0.504 e. The van der Waals surface area contributed by atoms with Crippen molar-refractivity contribution < 1.29 is 34.8 Å². The van der Waals surface area contributed by atoms with E-state index < -0.39 is 12.1 Å². The number of aliphatic hydroxyl groups is 1. The van der Waals surface area contributed by atoms with Crippen LogP contribution < -0.4 is 0 Å². The maximum Gasteiger partial charge on any atom is 0.335 e. The molecule has 0 fully saturated rings. The van der Waals surface area contributed by atoms with E-state index in [0.717, 1.165) is 36.6 Å². The number of benzene rings is 3. The third-order valence-corrected chi connectivity index (χ3v) is 5.68. The lowest BCUT2D eigenvalue weighted by atomic mass is 10.0. The summed E-state index contributed by atoms with van der Waals surface area (Å²) in [5.41, 5.74) is 1.66. The van der Waals surface area contributed by atoms with Crippen molar-refractivity contribution in [3.8, 4) is 11.5 Å². The zero-order valence-electron chi connectivity index (χ0n) is 18.9. The number of aliphatic hydroxyl groups excluding tert-OH is 1. The number of carbonyl (C=O) groups is 2. The minimum atomic E-state index is -0.975. The Morgan fingerprint density at radius 2 is 1.44 bits per heavy atom. The summed E-state index contributed by atoms with van der Waals surface area (Å²) in [6.07, 6.45) is 3.62. The SMILES string of the molecule is O=C(O)c1ccc(CC(O)COCCCCCCC(=O)c2ccc3cc(O)c(O)cc3c2)cc1. The van der Waals surface area contributed by atoms with Gasteiger partial charge < -0.3 is 25.2 Å². The van der Waals surface area contributed by atoms with Crippen LogP contribution in [0.5, 0.6) is 11.5 Å². The minimum Gasteiger partial charge on any atom is -0.504 e. The van der Waals surface area contributed by atoms with E-state index in [1.165, 1.54) is 24.3 Å². The Balaban J connectivity index is 1.28. The molecule has 0 radical (unpaired) electrons. The van der Waals surface area contributed by atoms with Gasteiger partial charge in [0.25, 0.3) is 0 Å². The number of aromatic hydroxyl groups is 2. The Kier molecular flexibility index (Phi) is 9.01. The number of carboxylic acids is 1. The molecule has 0 aliphatic carbocycles. The monoisotopic (exact) mass is 466 g/mol. The first kappa shape index (κ1) is 25.2. The Hall–Kier alpha value is -3.42. The highest BCUT2D eigenvalue weighted by molar-refractivity contribution is 6.00. The van der Waals surface area contributed by atoms with E-state index in [2.05, 4.69) is 0 Å². The fraction of sp³-hybridized carbons (Fsp3) is 0.333. The number of rotatable bonds is 13. The van der Waals surface area contributed by atoms with Gasteiger partial charge in [0, 0.05) is 25.0 Å². The molecular weight excluding hydrogens is 436 g/mol. The van der Waals surface area contributed by atoms with E-state index in [-0.39, 0.29) is 29.5 Å². The summed E-state index contributed by atoms with van der Waals surface area (Å²) in [4.78, 5) is 23.3. The number of carbonyl (C=O) groups excluding carboxylic acids is 1. The van der Waals surface area contributed by atoms with Gasteiger partial charge in [0.05, 0.1) is 18.3 Å². The fourth-order valence-corrected chi connectivity index (χ4v) is 3.77. The van der Waals surface area contributed by atoms with Crippen molar-refractivity contribution in [3.63, 3.8) is 0 Å². The quantitative estimate of drug-likeness (QED) is 0.163. The van der Waals surface area contributed by atoms with Gasteiger partial charge in [-0.1, -0.05) is 37.1 Å². The van der Waals surface area contributed by atoms with Crippen LogP contribution in [0.1, 0.15) is 58.4 Å². The van der Waals surface area contributed by atoms with Crippen molar-refractivity contribution in [2.24, 2.45) is 0 Å². The van der Waals surface area contributed by atoms with E-state index in [9.17, 15) is 24.9 Å². The van der Waals surface area contributed by atoms with Crippen molar-refractivity contribution in [2.45, 2.75) is 44.6 Å².